The Hall–Kier alpha value is -3.31. The molecular formula is C21H17F3N4O2S2. The van der Waals surface area contributed by atoms with Crippen LogP contribution in [0.1, 0.15) is 10.4 Å². The van der Waals surface area contributed by atoms with Gasteiger partial charge in [0.05, 0.1) is 5.56 Å². The van der Waals surface area contributed by atoms with Crippen LogP contribution in [0.2, 0.25) is 0 Å². The Morgan fingerprint density at radius 3 is 2.38 bits per heavy atom. The largest absolute Gasteiger partial charge is 0.573 e. The molecular weight excluding hydrogens is 461 g/mol. The maximum atomic E-state index is 12.2. The van der Waals surface area contributed by atoms with Crippen molar-refractivity contribution >= 4 is 46.4 Å². The lowest BCUT2D eigenvalue weighted by atomic mass is 10.3. The molecule has 3 N–H and O–H groups in total. The third-order valence-corrected chi connectivity index (χ3v) is 5.03. The van der Waals surface area contributed by atoms with Crippen molar-refractivity contribution in [2.45, 2.75) is 16.3 Å². The minimum atomic E-state index is -4.74. The molecule has 11 heteroatoms. The summed E-state index contributed by atoms with van der Waals surface area (Å²) in [6.45, 7) is 0. The van der Waals surface area contributed by atoms with Crippen LogP contribution >= 0.6 is 24.0 Å². The highest BCUT2D eigenvalue weighted by molar-refractivity contribution is 7.99. The van der Waals surface area contributed by atoms with Gasteiger partial charge in [-0.2, -0.15) is 0 Å². The smallest absolute Gasteiger partial charge is 0.406 e. The Kier molecular flexibility index (Phi) is 7.54. The molecule has 0 aliphatic heterocycles. The molecule has 2 aromatic carbocycles. The minimum Gasteiger partial charge on any atom is -0.406 e. The summed E-state index contributed by atoms with van der Waals surface area (Å²) in [6, 6.07) is 16.1. The predicted molar refractivity (Wildman–Crippen MR) is 121 cm³/mol. The van der Waals surface area contributed by atoms with E-state index >= 15 is 0 Å². The van der Waals surface area contributed by atoms with Gasteiger partial charge in [0.2, 0.25) is 0 Å². The number of benzene rings is 2. The summed E-state index contributed by atoms with van der Waals surface area (Å²) in [5, 5.41) is 9.45. The summed E-state index contributed by atoms with van der Waals surface area (Å²) in [5.74, 6) is -0.521. The van der Waals surface area contributed by atoms with Crippen molar-refractivity contribution in [3.05, 3.63) is 72.4 Å². The Labute approximate surface area is 191 Å². The SMILES string of the molecule is CNC(=O)c1ccc(Sc2cccc(NC(=S)Nc3ccc(OC(F)(F)F)cc3)c2)nc1. The average molecular weight is 479 g/mol. The van der Waals surface area contributed by atoms with Crippen LogP contribution in [-0.4, -0.2) is 29.4 Å². The summed E-state index contributed by atoms with van der Waals surface area (Å²) in [4.78, 5) is 16.8. The van der Waals surface area contributed by atoms with Crippen molar-refractivity contribution in [2.75, 3.05) is 17.7 Å². The van der Waals surface area contributed by atoms with Gasteiger partial charge in [0.25, 0.3) is 5.91 Å². The van der Waals surface area contributed by atoms with E-state index in [1.165, 1.54) is 42.2 Å². The number of nitrogens with zero attached hydrogens (tertiary/aromatic N) is 1. The van der Waals surface area contributed by atoms with Gasteiger partial charge >= 0.3 is 6.36 Å². The fourth-order valence-corrected chi connectivity index (χ4v) is 3.56. The van der Waals surface area contributed by atoms with E-state index in [9.17, 15) is 18.0 Å². The molecule has 0 saturated heterocycles. The Morgan fingerprint density at radius 2 is 1.75 bits per heavy atom. The van der Waals surface area contributed by atoms with Gasteiger partial charge < -0.3 is 20.7 Å². The molecule has 1 amide bonds. The minimum absolute atomic E-state index is 0.205. The van der Waals surface area contributed by atoms with Crippen molar-refractivity contribution in [2.24, 2.45) is 0 Å². The molecule has 3 aromatic rings. The standard InChI is InChI=1S/C21H17F3N4O2S2/c1-25-19(29)13-5-10-18(26-12-13)32-17-4-2-3-15(11-17)28-20(31)27-14-6-8-16(9-7-14)30-21(22,23)24/h2-12H,1H3,(H,25,29)(H2,27,28,31). The highest BCUT2D eigenvalue weighted by Gasteiger charge is 2.30. The molecule has 1 aromatic heterocycles. The van der Waals surface area contributed by atoms with E-state index in [-0.39, 0.29) is 16.8 Å². The van der Waals surface area contributed by atoms with Crippen LogP contribution in [0, 0.1) is 0 Å². The molecule has 0 fully saturated rings. The van der Waals surface area contributed by atoms with Crippen molar-refractivity contribution in [1.29, 1.82) is 0 Å². The highest BCUT2D eigenvalue weighted by atomic mass is 32.2. The van der Waals surface area contributed by atoms with Crippen molar-refractivity contribution in [1.82, 2.24) is 10.3 Å². The second-order valence-electron chi connectivity index (χ2n) is 6.25. The van der Waals surface area contributed by atoms with E-state index in [2.05, 4.69) is 25.7 Å². The molecule has 3 rings (SSSR count). The number of ether oxygens (including phenoxy) is 1. The number of nitrogens with one attached hydrogen (secondary N) is 3. The lowest BCUT2D eigenvalue weighted by molar-refractivity contribution is -0.274. The molecule has 6 nitrogen and oxygen atoms in total. The van der Waals surface area contributed by atoms with Crippen LogP contribution in [0.5, 0.6) is 5.75 Å². The van der Waals surface area contributed by atoms with E-state index in [1.54, 1.807) is 19.2 Å². The zero-order chi connectivity index (χ0) is 23.1. The molecule has 0 saturated carbocycles. The lowest BCUT2D eigenvalue weighted by Crippen LogP contribution is -2.19. The van der Waals surface area contributed by atoms with Crippen LogP contribution in [0.4, 0.5) is 24.5 Å². The number of carbonyl (C=O) groups excluding carboxylic acids is 1. The monoisotopic (exact) mass is 478 g/mol. The number of alkyl halides is 3. The number of aromatic nitrogens is 1. The maximum Gasteiger partial charge on any atom is 0.573 e. The van der Waals surface area contributed by atoms with Crippen LogP contribution in [0.25, 0.3) is 0 Å². The quantitative estimate of drug-likeness (QED) is 0.415. The summed E-state index contributed by atoms with van der Waals surface area (Å²) in [5.41, 5.74) is 1.69. The highest BCUT2D eigenvalue weighted by Crippen LogP contribution is 2.28. The van der Waals surface area contributed by atoms with Gasteiger partial charge in [-0.25, -0.2) is 4.98 Å². The molecule has 0 aliphatic rings. The third-order valence-electron chi connectivity index (χ3n) is 3.89. The van der Waals surface area contributed by atoms with Crippen LogP contribution in [0.15, 0.2) is 76.8 Å². The molecule has 1 heterocycles. The van der Waals surface area contributed by atoms with Gasteiger partial charge in [0.15, 0.2) is 5.11 Å². The first-order valence-electron chi connectivity index (χ1n) is 9.12. The normalized spacial score (nSPS) is 10.9. The van der Waals surface area contributed by atoms with E-state index in [4.69, 9.17) is 12.2 Å². The first kappa shape index (κ1) is 23.4. The Balaban J connectivity index is 1.58. The fourth-order valence-electron chi connectivity index (χ4n) is 2.51. The van der Waals surface area contributed by atoms with Gasteiger partial charge in [0.1, 0.15) is 10.8 Å². The van der Waals surface area contributed by atoms with Crippen LogP contribution in [-0.2, 0) is 0 Å². The van der Waals surface area contributed by atoms with Gasteiger partial charge in [-0.1, -0.05) is 17.8 Å². The molecule has 0 atom stereocenters. The molecule has 0 radical (unpaired) electrons. The number of hydrogen-bond acceptors (Lipinski definition) is 5. The van der Waals surface area contributed by atoms with Crippen molar-refractivity contribution in [3.63, 3.8) is 0 Å². The second kappa shape index (κ2) is 10.3. The Bertz CT molecular complexity index is 1090. The zero-order valence-corrected chi connectivity index (χ0v) is 18.2. The maximum absolute atomic E-state index is 12.2. The number of anilines is 2. The first-order valence-corrected chi connectivity index (χ1v) is 10.3. The van der Waals surface area contributed by atoms with Gasteiger partial charge in [-0.3, -0.25) is 4.79 Å². The third kappa shape index (κ3) is 7.13. The van der Waals surface area contributed by atoms with Gasteiger partial charge in [0, 0.05) is 29.5 Å². The Morgan fingerprint density at radius 1 is 1.03 bits per heavy atom. The van der Waals surface area contributed by atoms with E-state index < -0.39 is 6.36 Å². The first-order chi connectivity index (χ1) is 15.2. The fraction of sp³-hybridized carbons (Fsp3) is 0.0952. The lowest BCUT2D eigenvalue weighted by Gasteiger charge is -2.13. The average Bonchev–Trinajstić information content (AvgIpc) is 2.74. The van der Waals surface area contributed by atoms with E-state index in [0.717, 1.165) is 9.92 Å². The van der Waals surface area contributed by atoms with E-state index in [1.807, 2.05) is 24.3 Å². The van der Waals surface area contributed by atoms with Crippen LogP contribution < -0.4 is 20.7 Å². The molecule has 0 unspecified atom stereocenters. The molecule has 0 aliphatic carbocycles. The van der Waals surface area contributed by atoms with Gasteiger partial charge in [-0.15, -0.1) is 13.2 Å². The summed E-state index contributed by atoms with van der Waals surface area (Å²) in [7, 11) is 1.56. The second-order valence-corrected chi connectivity index (χ2v) is 7.75. The molecule has 32 heavy (non-hydrogen) atoms. The number of carbonyl (C=O) groups is 1. The number of hydrogen-bond donors (Lipinski definition) is 3. The number of halogens is 3. The topological polar surface area (TPSA) is 75.3 Å². The number of amides is 1. The summed E-state index contributed by atoms with van der Waals surface area (Å²) >= 11 is 6.69. The number of pyridine rings is 1. The summed E-state index contributed by atoms with van der Waals surface area (Å²) < 4.78 is 40.6. The molecule has 0 spiro atoms. The van der Waals surface area contributed by atoms with E-state index in [0.29, 0.717) is 16.9 Å². The van der Waals surface area contributed by atoms with Crippen molar-refractivity contribution < 1.29 is 22.7 Å². The number of thiocarbonyl (C=S) groups is 1. The van der Waals surface area contributed by atoms with Crippen LogP contribution in [0.3, 0.4) is 0 Å². The zero-order valence-electron chi connectivity index (χ0n) is 16.6. The number of rotatable bonds is 6. The predicted octanol–water partition coefficient (Wildman–Crippen LogP) is 5.30. The summed E-state index contributed by atoms with van der Waals surface area (Å²) in [6.07, 6.45) is -3.23. The molecule has 0 bridgehead atoms. The molecule has 166 valence electrons. The van der Waals surface area contributed by atoms with Gasteiger partial charge in [-0.05, 0) is 66.8 Å². The van der Waals surface area contributed by atoms with Crippen molar-refractivity contribution in [3.8, 4) is 5.75 Å².